The molecule has 1 aromatic rings. The molecule has 0 unspecified atom stereocenters. The molecule has 0 bridgehead atoms. The lowest BCUT2D eigenvalue weighted by Gasteiger charge is -2.09. The van der Waals surface area contributed by atoms with Crippen molar-refractivity contribution in [1.29, 1.82) is 0 Å². The highest BCUT2D eigenvalue weighted by Crippen LogP contribution is 2.34. The SMILES string of the molecule is CS(=O)(=O)Nc1ccc(Br)c(OC2CC2)c1. The molecule has 1 saturated carbocycles. The zero-order chi connectivity index (χ0) is 11.8. The first-order valence-corrected chi connectivity index (χ1v) is 7.56. The van der Waals surface area contributed by atoms with E-state index < -0.39 is 10.0 Å². The van der Waals surface area contributed by atoms with E-state index in [9.17, 15) is 8.42 Å². The summed E-state index contributed by atoms with van der Waals surface area (Å²) in [7, 11) is -3.24. The number of rotatable bonds is 4. The van der Waals surface area contributed by atoms with E-state index in [1.807, 2.05) is 0 Å². The van der Waals surface area contributed by atoms with Crippen LogP contribution in [0.3, 0.4) is 0 Å². The van der Waals surface area contributed by atoms with Crippen molar-refractivity contribution in [1.82, 2.24) is 0 Å². The van der Waals surface area contributed by atoms with E-state index in [1.54, 1.807) is 18.2 Å². The Hall–Kier alpha value is -0.750. The number of nitrogens with one attached hydrogen (secondary N) is 1. The molecule has 1 aromatic carbocycles. The van der Waals surface area contributed by atoms with Gasteiger partial charge in [0.2, 0.25) is 10.0 Å². The van der Waals surface area contributed by atoms with E-state index in [0.717, 1.165) is 23.6 Å². The van der Waals surface area contributed by atoms with Crippen molar-refractivity contribution in [3.05, 3.63) is 22.7 Å². The molecular weight excluding hydrogens is 294 g/mol. The van der Waals surface area contributed by atoms with E-state index in [-0.39, 0.29) is 6.10 Å². The van der Waals surface area contributed by atoms with Gasteiger partial charge >= 0.3 is 0 Å². The lowest BCUT2D eigenvalue weighted by molar-refractivity contribution is 0.301. The molecule has 0 spiro atoms. The van der Waals surface area contributed by atoms with Gasteiger partial charge < -0.3 is 4.74 Å². The predicted octanol–water partition coefficient (Wildman–Crippen LogP) is 2.36. The minimum Gasteiger partial charge on any atom is -0.489 e. The van der Waals surface area contributed by atoms with Crippen molar-refractivity contribution >= 4 is 31.6 Å². The number of ether oxygens (including phenoxy) is 1. The smallest absolute Gasteiger partial charge is 0.229 e. The summed E-state index contributed by atoms with van der Waals surface area (Å²) in [4.78, 5) is 0. The van der Waals surface area contributed by atoms with Crippen LogP contribution in [-0.4, -0.2) is 20.8 Å². The number of benzene rings is 1. The highest BCUT2D eigenvalue weighted by Gasteiger charge is 2.24. The Kier molecular flexibility index (Phi) is 3.12. The van der Waals surface area contributed by atoms with Gasteiger partial charge in [0.1, 0.15) is 5.75 Å². The van der Waals surface area contributed by atoms with Gasteiger partial charge in [-0.1, -0.05) is 0 Å². The fraction of sp³-hybridized carbons (Fsp3) is 0.400. The standard InChI is InChI=1S/C10H12BrNO3S/c1-16(13,14)12-7-2-5-9(11)10(6-7)15-8-3-4-8/h2,5-6,8,12H,3-4H2,1H3. The second-order valence-electron chi connectivity index (χ2n) is 3.84. The number of anilines is 1. The largest absolute Gasteiger partial charge is 0.489 e. The van der Waals surface area contributed by atoms with Crippen LogP contribution in [0.15, 0.2) is 22.7 Å². The Labute approximate surface area is 103 Å². The van der Waals surface area contributed by atoms with Crippen molar-refractivity contribution < 1.29 is 13.2 Å². The molecule has 0 radical (unpaired) electrons. The molecule has 0 aliphatic heterocycles. The molecule has 4 nitrogen and oxygen atoms in total. The lowest BCUT2D eigenvalue weighted by Crippen LogP contribution is -2.09. The third-order valence-electron chi connectivity index (χ3n) is 2.05. The maximum absolute atomic E-state index is 11.1. The molecule has 1 N–H and O–H groups in total. The van der Waals surface area contributed by atoms with Crippen LogP contribution in [0.5, 0.6) is 5.75 Å². The van der Waals surface area contributed by atoms with E-state index in [4.69, 9.17) is 4.74 Å². The van der Waals surface area contributed by atoms with E-state index in [0.29, 0.717) is 11.4 Å². The van der Waals surface area contributed by atoms with Crippen molar-refractivity contribution in [3.8, 4) is 5.75 Å². The Balaban J connectivity index is 2.20. The van der Waals surface area contributed by atoms with Gasteiger partial charge in [-0.25, -0.2) is 8.42 Å². The minimum absolute atomic E-state index is 0.282. The van der Waals surface area contributed by atoms with Crippen LogP contribution in [-0.2, 0) is 10.0 Å². The van der Waals surface area contributed by atoms with Crippen LogP contribution in [0.2, 0.25) is 0 Å². The fourth-order valence-corrected chi connectivity index (χ4v) is 2.13. The van der Waals surface area contributed by atoms with E-state index >= 15 is 0 Å². The van der Waals surface area contributed by atoms with Gasteiger partial charge in [0, 0.05) is 6.07 Å². The van der Waals surface area contributed by atoms with Crippen molar-refractivity contribution in [2.75, 3.05) is 11.0 Å². The van der Waals surface area contributed by atoms with Crippen molar-refractivity contribution in [2.24, 2.45) is 0 Å². The van der Waals surface area contributed by atoms with Gasteiger partial charge in [0.25, 0.3) is 0 Å². The van der Waals surface area contributed by atoms with Gasteiger partial charge in [-0.2, -0.15) is 0 Å². The summed E-state index contributed by atoms with van der Waals surface area (Å²) in [6, 6.07) is 5.14. The molecule has 1 aliphatic rings. The maximum Gasteiger partial charge on any atom is 0.229 e. The molecule has 1 fully saturated rings. The Morgan fingerprint density at radius 3 is 2.69 bits per heavy atom. The molecule has 1 aliphatic carbocycles. The lowest BCUT2D eigenvalue weighted by atomic mass is 10.3. The first-order valence-electron chi connectivity index (χ1n) is 4.88. The average Bonchev–Trinajstić information content (AvgIpc) is 2.92. The molecule has 2 rings (SSSR count). The van der Waals surface area contributed by atoms with Crippen LogP contribution in [0.4, 0.5) is 5.69 Å². The van der Waals surface area contributed by atoms with Crippen molar-refractivity contribution in [3.63, 3.8) is 0 Å². The van der Waals surface area contributed by atoms with Gasteiger partial charge in [0.05, 0.1) is 22.5 Å². The second-order valence-corrected chi connectivity index (χ2v) is 6.44. The molecule has 16 heavy (non-hydrogen) atoms. The van der Waals surface area contributed by atoms with E-state index in [2.05, 4.69) is 20.7 Å². The Morgan fingerprint density at radius 2 is 2.12 bits per heavy atom. The normalized spacial score (nSPS) is 15.9. The van der Waals surface area contributed by atoms with Gasteiger partial charge in [-0.15, -0.1) is 0 Å². The summed E-state index contributed by atoms with van der Waals surface area (Å²) in [5, 5.41) is 0. The number of sulfonamides is 1. The zero-order valence-corrected chi connectivity index (χ0v) is 11.1. The molecule has 0 atom stereocenters. The molecule has 0 saturated heterocycles. The molecule has 6 heteroatoms. The van der Waals surface area contributed by atoms with Gasteiger partial charge in [0.15, 0.2) is 0 Å². The second kappa shape index (κ2) is 4.25. The third kappa shape index (κ3) is 3.38. The monoisotopic (exact) mass is 305 g/mol. The first kappa shape index (κ1) is 11.7. The van der Waals surface area contributed by atoms with Gasteiger partial charge in [-0.3, -0.25) is 4.72 Å². The third-order valence-corrected chi connectivity index (χ3v) is 3.31. The summed E-state index contributed by atoms with van der Waals surface area (Å²) in [5.74, 6) is 0.677. The zero-order valence-electron chi connectivity index (χ0n) is 8.73. The molecular formula is C10H12BrNO3S. The van der Waals surface area contributed by atoms with Crippen molar-refractivity contribution in [2.45, 2.75) is 18.9 Å². The summed E-state index contributed by atoms with van der Waals surface area (Å²) in [6.45, 7) is 0. The minimum atomic E-state index is -3.24. The van der Waals surface area contributed by atoms with Gasteiger partial charge in [-0.05, 0) is 40.9 Å². The Morgan fingerprint density at radius 1 is 1.44 bits per heavy atom. The summed E-state index contributed by atoms with van der Waals surface area (Å²) in [6.07, 6.45) is 3.53. The number of halogens is 1. The molecule has 88 valence electrons. The van der Waals surface area contributed by atoms with Crippen LogP contribution in [0.25, 0.3) is 0 Å². The quantitative estimate of drug-likeness (QED) is 0.929. The molecule has 0 heterocycles. The Bertz CT molecular complexity index is 497. The summed E-state index contributed by atoms with van der Waals surface area (Å²) < 4.78 is 31.0. The first-order chi connectivity index (χ1) is 7.44. The summed E-state index contributed by atoms with van der Waals surface area (Å²) >= 11 is 3.36. The average molecular weight is 306 g/mol. The fourth-order valence-electron chi connectivity index (χ4n) is 1.24. The van der Waals surface area contributed by atoms with Crippen LogP contribution < -0.4 is 9.46 Å². The predicted molar refractivity (Wildman–Crippen MR) is 66.3 cm³/mol. The maximum atomic E-state index is 11.1. The number of hydrogen-bond donors (Lipinski definition) is 1. The topological polar surface area (TPSA) is 55.4 Å². The van der Waals surface area contributed by atoms with Crippen LogP contribution in [0.1, 0.15) is 12.8 Å². The van der Waals surface area contributed by atoms with Crippen LogP contribution in [0, 0.1) is 0 Å². The van der Waals surface area contributed by atoms with Crippen LogP contribution >= 0.6 is 15.9 Å². The number of hydrogen-bond acceptors (Lipinski definition) is 3. The summed E-state index contributed by atoms with van der Waals surface area (Å²) in [5.41, 5.74) is 0.515. The molecule has 0 amide bonds. The highest BCUT2D eigenvalue weighted by molar-refractivity contribution is 9.10. The highest BCUT2D eigenvalue weighted by atomic mass is 79.9. The van der Waals surface area contributed by atoms with E-state index in [1.165, 1.54) is 0 Å². The molecule has 0 aromatic heterocycles.